The molecule has 0 bridgehead atoms. The van der Waals surface area contributed by atoms with Crippen LogP contribution >= 0.6 is 0 Å². The standard InChI is InChI=1S/C16H22N2O2/c1-16(7-4-8-20-16)11-18-15(19)14-9-12-5-2-3-6-13(12)10-17-14/h2-3,5-6,14,17H,4,7-11H2,1H3,(H,18,19)/t14-,16?/m0/s1. The Morgan fingerprint density at radius 3 is 3.00 bits per heavy atom. The molecular weight excluding hydrogens is 252 g/mol. The summed E-state index contributed by atoms with van der Waals surface area (Å²) in [6, 6.07) is 8.17. The number of ether oxygens (including phenoxy) is 1. The fourth-order valence-electron chi connectivity index (χ4n) is 3.01. The largest absolute Gasteiger partial charge is 0.373 e. The van der Waals surface area contributed by atoms with Crippen molar-refractivity contribution in [3.63, 3.8) is 0 Å². The Balaban J connectivity index is 1.56. The second kappa shape index (κ2) is 5.54. The van der Waals surface area contributed by atoms with Gasteiger partial charge in [-0.2, -0.15) is 0 Å². The summed E-state index contributed by atoms with van der Waals surface area (Å²) in [6.45, 7) is 4.25. The molecule has 1 unspecified atom stereocenters. The molecule has 1 amide bonds. The van der Waals surface area contributed by atoms with Crippen LogP contribution in [0.15, 0.2) is 24.3 Å². The lowest BCUT2D eigenvalue weighted by Gasteiger charge is -2.28. The zero-order chi connectivity index (χ0) is 14.0. The fraction of sp³-hybridized carbons (Fsp3) is 0.562. The summed E-state index contributed by atoms with van der Waals surface area (Å²) < 4.78 is 5.70. The number of hydrogen-bond acceptors (Lipinski definition) is 3. The number of amides is 1. The number of nitrogens with one attached hydrogen (secondary N) is 2. The Hall–Kier alpha value is -1.39. The summed E-state index contributed by atoms with van der Waals surface area (Å²) in [5, 5.41) is 6.35. The van der Waals surface area contributed by atoms with Crippen LogP contribution in [0.25, 0.3) is 0 Å². The third kappa shape index (κ3) is 2.86. The predicted molar refractivity (Wildman–Crippen MR) is 77.4 cm³/mol. The number of rotatable bonds is 3. The van der Waals surface area contributed by atoms with Gasteiger partial charge in [0.15, 0.2) is 0 Å². The van der Waals surface area contributed by atoms with Gasteiger partial charge in [-0.15, -0.1) is 0 Å². The number of hydrogen-bond donors (Lipinski definition) is 2. The maximum Gasteiger partial charge on any atom is 0.237 e. The molecule has 3 rings (SSSR count). The molecule has 2 aliphatic heterocycles. The second-order valence-electron chi connectivity index (χ2n) is 6.03. The van der Waals surface area contributed by atoms with E-state index in [0.717, 1.165) is 32.4 Å². The first-order valence-electron chi connectivity index (χ1n) is 7.38. The number of benzene rings is 1. The van der Waals surface area contributed by atoms with Gasteiger partial charge < -0.3 is 15.4 Å². The molecule has 0 saturated carbocycles. The molecule has 0 aliphatic carbocycles. The van der Waals surface area contributed by atoms with Crippen LogP contribution in [-0.2, 0) is 22.5 Å². The second-order valence-corrected chi connectivity index (χ2v) is 6.03. The zero-order valence-electron chi connectivity index (χ0n) is 11.9. The highest BCUT2D eigenvalue weighted by molar-refractivity contribution is 5.82. The van der Waals surface area contributed by atoms with E-state index in [0.29, 0.717) is 6.54 Å². The third-order valence-electron chi connectivity index (χ3n) is 4.33. The highest BCUT2D eigenvalue weighted by Crippen LogP contribution is 2.24. The van der Waals surface area contributed by atoms with Crippen LogP contribution in [0.2, 0.25) is 0 Å². The molecule has 108 valence electrons. The molecule has 20 heavy (non-hydrogen) atoms. The van der Waals surface area contributed by atoms with Crippen molar-refractivity contribution in [1.29, 1.82) is 0 Å². The quantitative estimate of drug-likeness (QED) is 0.875. The number of carbonyl (C=O) groups is 1. The van der Waals surface area contributed by atoms with Crippen LogP contribution in [0.1, 0.15) is 30.9 Å². The molecule has 4 heteroatoms. The molecule has 0 radical (unpaired) electrons. The van der Waals surface area contributed by atoms with E-state index in [4.69, 9.17) is 4.74 Å². The Morgan fingerprint density at radius 1 is 1.45 bits per heavy atom. The minimum Gasteiger partial charge on any atom is -0.373 e. The van der Waals surface area contributed by atoms with E-state index >= 15 is 0 Å². The summed E-state index contributed by atoms with van der Waals surface area (Å²) in [7, 11) is 0. The van der Waals surface area contributed by atoms with Crippen molar-refractivity contribution in [1.82, 2.24) is 10.6 Å². The van der Waals surface area contributed by atoms with E-state index in [-0.39, 0.29) is 17.6 Å². The van der Waals surface area contributed by atoms with Crippen molar-refractivity contribution in [2.75, 3.05) is 13.2 Å². The zero-order valence-corrected chi connectivity index (χ0v) is 11.9. The highest BCUT2D eigenvalue weighted by Gasteiger charge is 2.31. The summed E-state index contributed by atoms with van der Waals surface area (Å²) in [6.07, 6.45) is 2.87. The van der Waals surface area contributed by atoms with E-state index in [9.17, 15) is 4.79 Å². The predicted octanol–water partition coefficient (Wildman–Crippen LogP) is 1.39. The van der Waals surface area contributed by atoms with Gasteiger partial charge in [0.25, 0.3) is 0 Å². The molecule has 1 aromatic carbocycles. The van der Waals surface area contributed by atoms with Crippen molar-refractivity contribution >= 4 is 5.91 Å². The van der Waals surface area contributed by atoms with Gasteiger partial charge in [0.1, 0.15) is 0 Å². The van der Waals surface area contributed by atoms with Crippen molar-refractivity contribution < 1.29 is 9.53 Å². The minimum atomic E-state index is -0.178. The molecule has 1 saturated heterocycles. The Kier molecular flexibility index (Phi) is 3.76. The molecule has 0 spiro atoms. The molecule has 1 fully saturated rings. The summed E-state index contributed by atoms with van der Waals surface area (Å²) in [5.74, 6) is 0.0798. The molecule has 2 aliphatic rings. The molecule has 4 nitrogen and oxygen atoms in total. The van der Waals surface area contributed by atoms with E-state index in [1.807, 2.05) is 12.1 Å². The van der Waals surface area contributed by atoms with Crippen LogP contribution in [0, 0.1) is 0 Å². The Labute approximate surface area is 119 Å². The number of carbonyl (C=O) groups excluding carboxylic acids is 1. The maximum absolute atomic E-state index is 12.3. The Morgan fingerprint density at radius 2 is 2.25 bits per heavy atom. The average molecular weight is 274 g/mol. The monoisotopic (exact) mass is 274 g/mol. The van der Waals surface area contributed by atoms with Crippen molar-refractivity contribution in [2.45, 2.75) is 44.4 Å². The Bertz CT molecular complexity index is 495. The van der Waals surface area contributed by atoms with Crippen LogP contribution < -0.4 is 10.6 Å². The lowest BCUT2D eigenvalue weighted by atomic mass is 9.95. The van der Waals surface area contributed by atoms with Crippen LogP contribution in [0.3, 0.4) is 0 Å². The topological polar surface area (TPSA) is 50.4 Å². The summed E-state index contributed by atoms with van der Waals surface area (Å²) in [4.78, 5) is 12.3. The molecule has 2 N–H and O–H groups in total. The minimum absolute atomic E-state index is 0.0798. The van der Waals surface area contributed by atoms with E-state index in [2.05, 4.69) is 29.7 Å². The van der Waals surface area contributed by atoms with E-state index in [1.54, 1.807) is 0 Å². The smallest absolute Gasteiger partial charge is 0.237 e. The first-order valence-corrected chi connectivity index (χ1v) is 7.38. The molecule has 0 aromatic heterocycles. The first kappa shape index (κ1) is 13.6. The van der Waals surface area contributed by atoms with Gasteiger partial charge in [-0.05, 0) is 37.3 Å². The van der Waals surface area contributed by atoms with Gasteiger partial charge in [-0.3, -0.25) is 4.79 Å². The maximum atomic E-state index is 12.3. The molecule has 2 heterocycles. The van der Waals surface area contributed by atoms with Crippen molar-refractivity contribution in [2.24, 2.45) is 0 Å². The highest BCUT2D eigenvalue weighted by atomic mass is 16.5. The van der Waals surface area contributed by atoms with Crippen LogP contribution in [0.4, 0.5) is 0 Å². The fourth-order valence-corrected chi connectivity index (χ4v) is 3.01. The van der Waals surface area contributed by atoms with Gasteiger partial charge in [-0.1, -0.05) is 24.3 Å². The molecule has 1 aromatic rings. The lowest BCUT2D eigenvalue weighted by molar-refractivity contribution is -0.124. The number of fused-ring (bicyclic) bond motifs is 1. The van der Waals surface area contributed by atoms with Crippen molar-refractivity contribution in [3.05, 3.63) is 35.4 Å². The van der Waals surface area contributed by atoms with Gasteiger partial charge in [0, 0.05) is 19.7 Å². The van der Waals surface area contributed by atoms with Gasteiger partial charge in [-0.25, -0.2) is 0 Å². The SMILES string of the molecule is CC1(CNC(=O)[C@@H]2Cc3ccccc3CN2)CCCO1. The first-order chi connectivity index (χ1) is 9.66. The van der Waals surface area contributed by atoms with Gasteiger partial charge in [0.05, 0.1) is 11.6 Å². The van der Waals surface area contributed by atoms with Gasteiger partial charge in [0.2, 0.25) is 5.91 Å². The molecular formula is C16H22N2O2. The summed E-state index contributed by atoms with van der Waals surface area (Å²) >= 11 is 0. The van der Waals surface area contributed by atoms with E-state index < -0.39 is 0 Å². The van der Waals surface area contributed by atoms with Crippen LogP contribution in [0.5, 0.6) is 0 Å². The molecule has 2 atom stereocenters. The lowest BCUT2D eigenvalue weighted by Crippen LogP contribution is -2.50. The average Bonchev–Trinajstić information content (AvgIpc) is 2.91. The van der Waals surface area contributed by atoms with Crippen molar-refractivity contribution in [3.8, 4) is 0 Å². The third-order valence-corrected chi connectivity index (χ3v) is 4.33. The normalized spacial score (nSPS) is 28.9. The van der Waals surface area contributed by atoms with E-state index in [1.165, 1.54) is 11.1 Å². The van der Waals surface area contributed by atoms with Crippen LogP contribution in [-0.4, -0.2) is 30.7 Å². The summed E-state index contributed by atoms with van der Waals surface area (Å²) in [5.41, 5.74) is 2.39. The van der Waals surface area contributed by atoms with Gasteiger partial charge >= 0.3 is 0 Å².